The summed E-state index contributed by atoms with van der Waals surface area (Å²) in [5, 5.41) is 0.715. The first-order valence-corrected chi connectivity index (χ1v) is 6.92. The van der Waals surface area contributed by atoms with Crippen molar-refractivity contribution in [1.29, 1.82) is 0 Å². The van der Waals surface area contributed by atoms with Gasteiger partial charge in [-0.3, -0.25) is 0 Å². The molecule has 0 heterocycles. The Morgan fingerprint density at radius 2 is 1.42 bits per heavy atom. The summed E-state index contributed by atoms with van der Waals surface area (Å²) in [5.74, 6) is 0.859. The highest BCUT2D eigenvalue weighted by atomic mass is 35.5. The van der Waals surface area contributed by atoms with Crippen LogP contribution in [0, 0.1) is 0 Å². The number of hydrogen-bond donors (Lipinski definition) is 0. The largest absolute Gasteiger partial charge is 0.491 e. The fourth-order valence-electron chi connectivity index (χ4n) is 1.72. The molecule has 2 aromatic carbocycles. The molecule has 0 aliphatic heterocycles. The van der Waals surface area contributed by atoms with Crippen molar-refractivity contribution in [3.05, 3.63) is 64.7 Å². The molecule has 98 valence electrons. The van der Waals surface area contributed by atoms with Gasteiger partial charge in [0.1, 0.15) is 5.75 Å². The Balaban J connectivity index is 2.17. The van der Waals surface area contributed by atoms with Crippen LogP contribution in [-0.4, -0.2) is 11.0 Å². The molecule has 0 amide bonds. The minimum Gasteiger partial charge on any atom is -0.491 e. The molecule has 0 spiro atoms. The van der Waals surface area contributed by atoms with Gasteiger partial charge in [-0.05, 0) is 61.4 Å². The molecule has 0 saturated carbocycles. The number of thiocarbonyl (C=S) groups is 1. The summed E-state index contributed by atoms with van der Waals surface area (Å²) < 4.78 is 5.61. The van der Waals surface area contributed by atoms with Crippen LogP contribution < -0.4 is 4.74 Å². The number of ether oxygens (including phenoxy) is 1. The van der Waals surface area contributed by atoms with E-state index >= 15 is 0 Å². The molecule has 0 aliphatic rings. The van der Waals surface area contributed by atoms with Crippen LogP contribution in [0.15, 0.2) is 48.5 Å². The maximum Gasteiger partial charge on any atom is 0.119 e. The molecule has 0 N–H and O–H groups in total. The minimum absolute atomic E-state index is 0.175. The van der Waals surface area contributed by atoms with Crippen molar-refractivity contribution in [2.45, 2.75) is 20.0 Å². The van der Waals surface area contributed by atoms with Gasteiger partial charge in [-0.15, -0.1) is 0 Å². The lowest BCUT2D eigenvalue weighted by molar-refractivity contribution is 0.242. The molecule has 0 bridgehead atoms. The third-order valence-electron chi connectivity index (χ3n) is 2.59. The van der Waals surface area contributed by atoms with E-state index in [1.54, 1.807) is 0 Å². The normalized spacial score (nSPS) is 10.5. The molecule has 2 rings (SSSR count). The van der Waals surface area contributed by atoms with Crippen molar-refractivity contribution in [1.82, 2.24) is 0 Å². The van der Waals surface area contributed by atoms with E-state index in [9.17, 15) is 0 Å². The maximum absolute atomic E-state index is 5.87. The molecule has 1 nitrogen and oxygen atoms in total. The SMILES string of the molecule is CC(C)Oc1ccc(C(=S)c2ccc(Cl)cc2)cc1. The second-order valence-electron chi connectivity index (χ2n) is 4.53. The highest BCUT2D eigenvalue weighted by Crippen LogP contribution is 2.18. The average Bonchev–Trinajstić information content (AvgIpc) is 2.39. The molecule has 3 heteroatoms. The minimum atomic E-state index is 0.175. The van der Waals surface area contributed by atoms with Crippen LogP contribution in [-0.2, 0) is 0 Å². The standard InChI is InChI=1S/C16H15ClOS/c1-11(2)18-15-9-5-13(6-10-15)16(19)12-3-7-14(17)8-4-12/h3-11H,1-2H3. The number of benzene rings is 2. The molecule has 2 aromatic rings. The van der Waals surface area contributed by atoms with Crippen LogP contribution in [0.5, 0.6) is 5.75 Å². The second kappa shape index (κ2) is 6.18. The Hall–Kier alpha value is -1.38. The van der Waals surface area contributed by atoms with E-state index in [1.807, 2.05) is 62.4 Å². The number of hydrogen-bond acceptors (Lipinski definition) is 2. The maximum atomic E-state index is 5.87. The number of rotatable bonds is 4. The Morgan fingerprint density at radius 3 is 1.89 bits per heavy atom. The third-order valence-corrected chi connectivity index (χ3v) is 3.32. The van der Waals surface area contributed by atoms with Crippen molar-refractivity contribution in [2.24, 2.45) is 0 Å². The van der Waals surface area contributed by atoms with Crippen LogP contribution >= 0.6 is 23.8 Å². The van der Waals surface area contributed by atoms with Gasteiger partial charge in [0.15, 0.2) is 0 Å². The van der Waals surface area contributed by atoms with Gasteiger partial charge in [-0.25, -0.2) is 0 Å². The van der Waals surface area contributed by atoms with E-state index in [2.05, 4.69) is 0 Å². The summed E-state index contributed by atoms with van der Waals surface area (Å²) in [5.41, 5.74) is 2.00. The summed E-state index contributed by atoms with van der Waals surface area (Å²) in [7, 11) is 0. The lowest BCUT2D eigenvalue weighted by Crippen LogP contribution is -2.06. The van der Waals surface area contributed by atoms with Crippen molar-refractivity contribution in [2.75, 3.05) is 0 Å². The van der Waals surface area contributed by atoms with E-state index in [0.29, 0.717) is 5.02 Å². The first-order chi connectivity index (χ1) is 9.06. The summed E-state index contributed by atoms with van der Waals surface area (Å²) in [4.78, 5) is 0.813. The van der Waals surface area contributed by atoms with Gasteiger partial charge in [0.25, 0.3) is 0 Å². The van der Waals surface area contributed by atoms with Crippen LogP contribution in [0.1, 0.15) is 25.0 Å². The first kappa shape index (κ1) is 14.0. The van der Waals surface area contributed by atoms with E-state index in [4.69, 9.17) is 28.6 Å². The van der Waals surface area contributed by atoms with E-state index in [1.165, 1.54) is 0 Å². The van der Waals surface area contributed by atoms with Gasteiger partial charge >= 0.3 is 0 Å². The Morgan fingerprint density at radius 1 is 0.947 bits per heavy atom. The molecule has 19 heavy (non-hydrogen) atoms. The van der Waals surface area contributed by atoms with Gasteiger partial charge in [0, 0.05) is 5.02 Å². The molecule has 0 saturated heterocycles. The molecule has 0 radical (unpaired) electrons. The summed E-state index contributed by atoms with van der Waals surface area (Å²) in [6.07, 6.45) is 0.175. The summed E-state index contributed by atoms with van der Waals surface area (Å²) >= 11 is 11.3. The zero-order valence-corrected chi connectivity index (χ0v) is 12.5. The van der Waals surface area contributed by atoms with E-state index in [0.717, 1.165) is 21.7 Å². The predicted octanol–water partition coefficient (Wildman–Crippen LogP) is 4.89. The van der Waals surface area contributed by atoms with Crippen LogP contribution in [0.3, 0.4) is 0 Å². The summed E-state index contributed by atoms with van der Waals surface area (Å²) in [6, 6.07) is 15.4. The Bertz CT molecular complexity index is 558. The lowest BCUT2D eigenvalue weighted by atomic mass is 10.0. The van der Waals surface area contributed by atoms with Gasteiger partial charge < -0.3 is 4.74 Å². The molecular formula is C16H15ClOS. The zero-order valence-electron chi connectivity index (χ0n) is 10.9. The molecule has 0 unspecified atom stereocenters. The van der Waals surface area contributed by atoms with Gasteiger partial charge in [-0.1, -0.05) is 36.0 Å². The fraction of sp³-hybridized carbons (Fsp3) is 0.188. The molecule has 0 fully saturated rings. The van der Waals surface area contributed by atoms with Crippen molar-refractivity contribution < 1.29 is 4.74 Å². The van der Waals surface area contributed by atoms with Crippen LogP contribution in [0.25, 0.3) is 0 Å². The topological polar surface area (TPSA) is 9.23 Å². The Kier molecular flexibility index (Phi) is 4.56. The highest BCUT2D eigenvalue weighted by Gasteiger charge is 2.05. The second-order valence-corrected chi connectivity index (χ2v) is 5.37. The molecule has 0 atom stereocenters. The zero-order chi connectivity index (χ0) is 13.8. The average molecular weight is 291 g/mol. The van der Waals surface area contributed by atoms with Gasteiger partial charge in [0.2, 0.25) is 0 Å². The van der Waals surface area contributed by atoms with Gasteiger partial charge in [-0.2, -0.15) is 0 Å². The lowest BCUT2D eigenvalue weighted by Gasteiger charge is -2.10. The monoisotopic (exact) mass is 290 g/mol. The molecule has 0 aliphatic carbocycles. The van der Waals surface area contributed by atoms with Gasteiger partial charge in [0.05, 0.1) is 11.0 Å². The molecular weight excluding hydrogens is 276 g/mol. The van der Waals surface area contributed by atoms with Crippen LogP contribution in [0.4, 0.5) is 0 Å². The quantitative estimate of drug-likeness (QED) is 0.585. The summed E-state index contributed by atoms with van der Waals surface area (Å²) in [6.45, 7) is 4.01. The van der Waals surface area contributed by atoms with E-state index < -0.39 is 0 Å². The van der Waals surface area contributed by atoms with Crippen LogP contribution in [0.2, 0.25) is 5.02 Å². The van der Waals surface area contributed by atoms with Crippen molar-refractivity contribution in [3.8, 4) is 5.75 Å². The first-order valence-electron chi connectivity index (χ1n) is 6.13. The third kappa shape index (κ3) is 3.79. The highest BCUT2D eigenvalue weighted by molar-refractivity contribution is 7.81. The smallest absolute Gasteiger partial charge is 0.119 e. The van der Waals surface area contributed by atoms with Crippen molar-refractivity contribution in [3.63, 3.8) is 0 Å². The Labute approximate surface area is 124 Å². The number of halogens is 1. The molecule has 0 aromatic heterocycles. The predicted molar refractivity (Wildman–Crippen MR) is 84.5 cm³/mol. The van der Waals surface area contributed by atoms with E-state index in [-0.39, 0.29) is 6.10 Å². The fourth-order valence-corrected chi connectivity index (χ4v) is 2.12. The van der Waals surface area contributed by atoms with Crippen molar-refractivity contribution >= 4 is 28.7 Å².